The van der Waals surface area contributed by atoms with Crippen LogP contribution in [0.1, 0.15) is 17.2 Å². The predicted octanol–water partition coefficient (Wildman–Crippen LogP) is 1.90. The predicted molar refractivity (Wildman–Crippen MR) is 55.1 cm³/mol. The van der Waals surface area contributed by atoms with Crippen molar-refractivity contribution in [2.75, 3.05) is 13.6 Å². The maximum absolute atomic E-state index is 9.68. The third kappa shape index (κ3) is 2.44. The van der Waals surface area contributed by atoms with Crippen molar-refractivity contribution in [3.05, 3.63) is 34.3 Å². The Bertz CT molecular complexity index is 288. The van der Waals surface area contributed by atoms with Gasteiger partial charge in [0.2, 0.25) is 0 Å². The first-order valence-electron chi connectivity index (χ1n) is 4.24. The van der Waals surface area contributed by atoms with Crippen molar-refractivity contribution in [3.8, 4) is 0 Å². The molecular formula is C10H14ClNO. The number of hydrogen-bond donors (Lipinski definition) is 2. The maximum atomic E-state index is 9.68. The molecule has 1 rings (SSSR count). The molecule has 13 heavy (non-hydrogen) atoms. The fourth-order valence-corrected chi connectivity index (χ4v) is 1.48. The largest absolute Gasteiger partial charge is 0.387 e. The molecule has 1 unspecified atom stereocenters. The van der Waals surface area contributed by atoms with Crippen LogP contribution in [0.25, 0.3) is 0 Å². The maximum Gasteiger partial charge on any atom is 0.0928 e. The fourth-order valence-electron chi connectivity index (χ4n) is 1.23. The van der Waals surface area contributed by atoms with Crippen molar-refractivity contribution in [3.63, 3.8) is 0 Å². The molecule has 0 amide bonds. The summed E-state index contributed by atoms with van der Waals surface area (Å²) in [5, 5.41) is 13.2. The van der Waals surface area contributed by atoms with E-state index >= 15 is 0 Å². The molecule has 0 spiro atoms. The first kappa shape index (κ1) is 10.5. The Kier molecular flexibility index (Phi) is 3.72. The lowest BCUT2D eigenvalue weighted by molar-refractivity contribution is 0.178. The average molecular weight is 200 g/mol. The molecule has 0 saturated heterocycles. The van der Waals surface area contributed by atoms with E-state index in [9.17, 15) is 5.11 Å². The zero-order valence-electron chi connectivity index (χ0n) is 7.84. The number of benzene rings is 1. The molecule has 0 aliphatic carbocycles. The van der Waals surface area contributed by atoms with Crippen LogP contribution in [-0.2, 0) is 0 Å². The van der Waals surface area contributed by atoms with E-state index in [0.29, 0.717) is 11.6 Å². The van der Waals surface area contributed by atoms with Gasteiger partial charge >= 0.3 is 0 Å². The minimum absolute atomic E-state index is 0.517. The highest BCUT2D eigenvalue weighted by Crippen LogP contribution is 2.25. The van der Waals surface area contributed by atoms with Gasteiger partial charge in [0.1, 0.15) is 0 Å². The summed E-state index contributed by atoms with van der Waals surface area (Å²) in [6.07, 6.45) is -0.530. The lowest BCUT2D eigenvalue weighted by atomic mass is 10.1. The lowest BCUT2D eigenvalue weighted by Gasteiger charge is -2.13. The summed E-state index contributed by atoms with van der Waals surface area (Å²) < 4.78 is 0. The molecule has 0 heterocycles. The van der Waals surface area contributed by atoms with Crippen molar-refractivity contribution in [1.82, 2.24) is 5.32 Å². The van der Waals surface area contributed by atoms with Gasteiger partial charge in [0.25, 0.3) is 0 Å². The average Bonchev–Trinajstić information content (AvgIpc) is 2.10. The molecule has 2 nitrogen and oxygen atoms in total. The monoisotopic (exact) mass is 199 g/mol. The number of rotatable bonds is 3. The second-order valence-corrected chi connectivity index (χ2v) is 3.43. The van der Waals surface area contributed by atoms with E-state index in [2.05, 4.69) is 5.32 Å². The quantitative estimate of drug-likeness (QED) is 0.780. The summed E-state index contributed by atoms with van der Waals surface area (Å²) in [5.41, 5.74) is 1.78. The molecule has 0 aromatic heterocycles. The van der Waals surface area contributed by atoms with Gasteiger partial charge in [-0.05, 0) is 19.5 Å². The molecule has 1 aromatic rings. The van der Waals surface area contributed by atoms with Gasteiger partial charge in [-0.2, -0.15) is 0 Å². The van der Waals surface area contributed by atoms with Crippen LogP contribution in [0, 0.1) is 6.92 Å². The molecule has 0 radical (unpaired) electrons. The van der Waals surface area contributed by atoms with Crippen molar-refractivity contribution in [2.45, 2.75) is 13.0 Å². The molecule has 0 aliphatic heterocycles. The Morgan fingerprint density at radius 2 is 2.23 bits per heavy atom. The fraction of sp³-hybridized carbons (Fsp3) is 0.400. The number of hydrogen-bond acceptors (Lipinski definition) is 2. The summed E-state index contributed by atoms with van der Waals surface area (Å²) in [7, 11) is 1.80. The van der Waals surface area contributed by atoms with Crippen LogP contribution in [0.2, 0.25) is 5.02 Å². The van der Waals surface area contributed by atoms with Crippen molar-refractivity contribution < 1.29 is 5.11 Å². The van der Waals surface area contributed by atoms with Gasteiger partial charge in [0.05, 0.1) is 6.10 Å². The van der Waals surface area contributed by atoms with Crippen LogP contribution >= 0.6 is 11.6 Å². The number of aliphatic hydroxyl groups excluding tert-OH is 1. The van der Waals surface area contributed by atoms with Gasteiger partial charge in [-0.1, -0.05) is 29.8 Å². The molecule has 0 saturated carbocycles. The van der Waals surface area contributed by atoms with Crippen molar-refractivity contribution in [1.29, 1.82) is 0 Å². The second-order valence-electron chi connectivity index (χ2n) is 3.05. The zero-order valence-corrected chi connectivity index (χ0v) is 8.60. The molecule has 1 aromatic carbocycles. The van der Waals surface area contributed by atoms with Crippen LogP contribution in [0.5, 0.6) is 0 Å². The van der Waals surface area contributed by atoms with E-state index in [0.717, 1.165) is 11.1 Å². The molecule has 0 bridgehead atoms. The zero-order chi connectivity index (χ0) is 9.84. The highest BCUT2D eigenvalue weighted by atomic mass is 35.5. The molecule has 2 N–H and O–H groups in total. The second kappa shape index (κ2) is 4.61. The SMILES string of the molecule is CNCC(O)c1cccc(C)c1Cl. The first-order chi connectivity index (χ1) is 6.16. The van der Waals surface area contributed by atoms with Gasteiger partial charge in [0.15, 0.2) is 0 Å². The lowest BCUT2D eigenvalue weighted by Crippen LogP contribution is -2.17. The summed E-state index contributed by atoms with van der Waals surface area (Å²) >= 11 is 6.04. The van der Waals surface area contributed by atoms with Gasteiger partial charge in [0, 0.05) is 17.1 Å². The minimum atomic E-state index is -0.530. The number of likely N-dealkylation sites (N-methyl/N-ethyl adjacent to an activating group) is 1. The Morgan fingerprint density at radius 1 is 1.54 bits per heavy atom. The number of aliphatic hydroxyl groups is 1. The van der Waals surface area contributed by atoms with Gasteiger partial charge < -0.3 is 10.4 Å². The third-order valence-electron chi connectivity index (χ3n) is 1.98. The standard InChI is InChI=1S/C10H14ClNO/c1-7-4-3-5-8(10(7)11)9(13)6-12-2/h3-5,9,12-13H,6H2,1-2H3. The summed E-state index contributed by atoms with van der Waals surface area (Å²) in [6, 6.07) is 5.67. The van der Waals surface area contributed by atoms with Crippen LogP contribution in [0.4, 0.5) is 0 Å². The third-order valence-corrected chi connectivity index (χ3v) is 2.49. The smallest absolute Gasteiger partial charge is 0.0928 e. The molecule has 1 atom stereocenters. The van der Waals surface area contributed by atoms with Crippen LogP contribution in [0.15, 0.2) is 18.2 Å². The van der Waals surface area contributed by atoms with Crippen molar-refractivity contribution >= 4 is 11.6 Å². The summed E-state index contributed by atoms with van der Waals surface area (Å²) in [6.45, 7) is 2.45. The Morgan fingerprint density at radius 3 is 2.85 bits per heavy atom. The van der Waals surface area contributed by atoms with Gasteiger partial charge in [-0.15, -0.1) is 0 Å². The first-order valence-corrected chi connectivity index (χ1v) is 4.62. The molecule has 3 heteroatoms. The highest BCUT2D eigenvalue weighted by molar-refractivity contribution is 6.32. The minimum Gasteiger partial charge on any atom is -0.387 e. The van der Waals surface area contributed by atoms with Crippen molar-refractivity contribution in [2.24, 2.45) is 0 Å². The number of halogens is 1. The topological polar surface area (TPSA) is 32.3 Å². The number of aryl methyl sites for hydroxylation is 1. The molecule has 0 aliphatic rings. The summed E-state index contributed by atoms with van der Waals surface area (Å²) in [4.78, 5) is 0. The van der Waals surface area contributed by atoms with E-state index in [1.54, 1.807) is 7.05 Å². The normalized spacial score (nSPS) is 12.9. The Labute approximate surface area is 83.5 Å². The number of nitrogens with one attached hydrogen (secondary N) is 1. The van der Waals surface area contributed by atoms with E-state index in [1.807, 2.05) is 25.1 Å². The molecule has 72 valence electrons. The van der Waals surface area contributed by atoms with Gasteiger partial charge in [-0.25, -0.2) is 0 Å². The highest BCUT2D eigenvalue weighted by Gasteiger charge is 2.11. The van der Waals surface area contributed by atoms with E-state index in [-0.39, 0.29) is 0 Å². The Hall–Kier alpha value is -0.570. The molecule has 0 fully saturated rings. The van der Waals surface area contributed by atoms with Crippen LogP contribution < -0.4 is 5.32 Å². The van der Waals surface area contributed by atoms with E-state index in [4.69, 9.17) is 11.6 Å². The van der Waals surface area contributed by atoms with Gasteiger partial charge in [-0.3, -0.25) is 0 Å². The van der Waals surface area contributed by atoms with Crippen LogP contribution in [0.3, 0.4) is 0 Å². The van der Waals surface area contributed by atoms with Crippen LogP contribution in [-0.4, -0.2) is 18.7 Å². The van der Waals surface area contributed by atoms with E-state index < -0.39 is 6.10 Å². The summed E-state index contributed by atoms with van der Waals surface area (Å²) in [5.74, 6) is 0. The molecular weight excluding hydrogens is 186 g/mol. The van der Waals surface area contributed by atoms with E-state index in [1.165, 1.54) is 0 Å². The Balaban J connectivity index is 2.93.